The Hall–Kier alpha value is -2.76. The van der Waals surface area contributed by atoms with E-state index in [4.69, 9.17) is 10.5 Å². The maximum Gasteiger partial charge on any atom is 0.408 e. The maximum absolute atomic E-state index is 13.0. The van der Waals surface area contributed by atoms with Crippen molar-refractivity contribution in [2.24, 2.45) is 11.1 Å². The fourth-order valence-corrected chi connectivity index (χ4v) is 4.21. The number of alkyl halides is 3. The third kappa shape index (κ3) is 3.63. The first kappa shape index (κ1) is 19.6. The molecule has 0 aromatic carbocycles. The van der Waals surface area contributed by atoms with Crippen LogP contribution in [0, 0.1) is 16.7 Å². The van der Waals surface area contributed by atoms with Gasteiger partial charge in [-0.2, -0.15) is 23.5 Å². The van der Waals surface area contributed by atoms with E-state index in [9.17, 15) is 23.2 Å². The third-order valence-corrected chi connectivity index (χ3v) is 5.51. The van der Waals surface area contributed by atoms with E-state index in [-0.39, 0.29) is 35.0 Å². The van der Waals surface area contributed by atoms with Crippen LogP contribution < -0.4 is 5.73 Å². The van der Waals surface area contributed by atoms with Crippen molar-refractivity contribution in [1.29, 1.82) is 5.26 Å². The highest BCUT2D eigenvalue weighted by molar-refractivity contribution is 6.00. The minimum Gasteiger partial charge on any atom is -0.444 e. The smallest absolute Gasteiger partial charge is 0.408 e. The molecule has 0 saturated heterocycles. The van der Waals surface area contributed by atoms with Crippen LogP contribution in [-0.4, -0.2) is 21.7 Å². The number of Topliss-reactive ketones (excluding diaryl/α,β-unsaturated/α-hetero) is 1. The van der Waals surface area contributed by atoms with Crippen molar-refractivity contribution < 1.29 is 22.7 Å². The highest BCUT2D eigenvalue weighted by Gasteiger charge is 2.45. The zero-order chi connectivity index (χ0) is 21.1. The van der Waals surface area contributed by atoms with E-state index >= 15 is 0 Å². The van der Waals surface area contributed by atoms with Gasteiger partial charge < -0.3 is 10.5 Å². The summed E-state index contributed by atoms with van der Waals surface area (Å²) in [7, 11) is 0. The van der Waals surface area contributed by atoms with Gasteiger partial charge in [0.2, 0.25) is 5.88 Å². The molecule has 154 valence electrons. The summed E-state index contributed by atoms with van der Waals surface area (Å²) in [5.74, 6) is -0.690. The number of carbonyl (C=O) groups is 1. The largest absolute Gasteiger partial charge is 0.444 e. The van der Waals surface area contributed by atoms with Gasteiger partial charge in [0, 0.05) is 36.1 Å². The summed E-state index contributed by atoms with van der Waals surface area (Å²) in [6.07, 6.45) is -0.777. The van der Waals surface area contributed by atoms with Crippen molar-refractivity contribution >= 4 is 5.78 Å². The molecule has 4 rings (SSSR count). The fraction of sp³-hybridized carbons (Fsp3) is 0.550. The Bertz CT molecular complexity index is 990. The molecule has 1 saturated carbocycles. The molecule has 1 aliphatic heterocycles. The molecular weight excluding hydrogens is 385 g/mol. The molecule has 1 fully saturated rings. The lowest BCUT2D eigenvalue weighted by Crippen LogP contribution is -2.33. The summed E-state index contributed by atoms with van der Waals surface area (Å²) in [5.41, 5.74) is 6.98. The second-order valence-electron chi connectivity index (χ2n) is 8.76. The Balaban J connectivity index is 1.87. The molecule has 2 N–H and O–H groups in total. The number of rotatable bonds is 3. The summed E-state index contributed by atoms with van der Waals surface area (Å²) in [6, 6.07) is 2.00. The van der Waals surface area contributed by atoms with Crippen molar-refractivity contribution in [3.63, 3.8) is 0 Å². The summed E-state index contributed by atoms with van der Waals surface area (Å²) in [5, 5.41) is 13.9. The van der Waals surface area contributed by atoms with Crippen molar-refractivity contribution in [1.82, 2.24) is 9.78 Å². The number of nitrogens with zero attached hydrogens (tertiary/aromatic N) is 3. The van der Waals surface area contributed by atoms with E-state index in [2.05, 4.69) is 5.10 Å². The van der Waals surface area contributed by atoms with Crippen LogP contribution in [0.25, 0.3) is 0 Å². The molecule has 0 unspecified atom stereocenters. The molecule has 0 bridgehead atoms. The van der Waals surface area contributed by atoms with Gasteiger partial charge in [0.05, 0.1) is 11.6 Å². The highest BCUT2D eigenvalue weighted by Crippen LogP contribution is 2.51. The van der Waals surface area contributed by atoms with E-state index in [1.165, 1.54) is 6.20 Å². The molecule has 29 heavy (non-hydrogen) atoms. The van der Waals surface area contributed by atoms with Gasteiger partial charge in [0.25, 0.3) is 0 Å². The van der Waals surface area contributed by atoms with E-state index in [1.807, 2.05) is 19.9 Å². The summed E-state index contributed by atoms with van der Waals surface area (Å²) in [4.78, 5) is 13.0. The molecule has 2 aliphatic carbocycles. The molecule has 2 heterocycles. The molecule has 0 spiro atoms. The normalized spacial score (nSPS) is 24.3. The predicted octanol–water partition coefficient (Wildman–Crippen LogP) is 3.77. The van der Waals surface area contributed by atoms with Crippen LogP contribution >= 0.6 is 0 Å². The summed E-state index contributed by atoms with van der Waals surface area (Å²) >= 11 is 0. The van der Waals surface area contributed by atoms with Gasteiger partial charge in [-0.25, -0.2) is 0 Å². The van der Waals surface area contributed by atoms with Gasteiger partial charge in [-0.15, -0.1) is 0 Å². The van der Waals surface area contributed by atoms with Gasteiger partial charge >= 0.3 is 6.18 Å². The number of carbonyl (C=O) groups excluding carboxylic acids is 1. The molecule has 9 heteroatoms. The number of hydrogen-bond donors (Lipinski definition) is 1. The Morgan fingerprint density at radius 2 is 2.07 bits per heavy atom. The molecule has 0 amide bonds. The molecule has 1 aromatic rings. The number of ether oxygens (including phenoxy) is 1. The Labute approximate surface area is 165 Å². The molecule has 1 atom stereocenters. The van der Waals surface area contributed by atoms with E-state index in [0.717, 1.165) is 17.5 Å². The fourth-order valence-electron chi connectivity index (χ4n) is 4.21. The number of allylic oxidation sites excluding steroid dienone is 3. The van der Waals surface area contributed by atoms with Crippen molar-refractivity contribution in [2.75, 3.05) is 0 Å². The molecular formula is C20H21F3N4O2. The van der Waals surface area contributed by atoms with Gasteiger partial charge in [0.1, 0.15) is 23.9 Å². The van der Waals surface area contributed by atoms with Gasteiger partial charge in [-0.05, 0) is 18.3 Å². The molecule has 3 aliphatic rings. The number of nitrogens with two attached hydrogens (primary N) is 1. The zero-order valence-electron chi connectivity index (χ0n) is 16.1. The second kappa shape index (κ2) is 6.37. The monoisotopic (exact) mass is 406 g/mol. The van der Waals surface area contributed by atoms with Gasteiger partial charge in [-0.1, -0.05) is 13.8 Å². The Morgan fingerprint density at radius 1 is 1.38 bits per heavy atom. The Kier molecular flexibility index (Phi) is 4.30. The van der Waals surface area contributed by atoms with E-state index in [1.54, 1.807) is 0 Å². The van der Waals surface area contributed by atoms with Crippen molar-refractivity contribution in [3.8, 4) is 6.07 Å². The SMILES string of the molecule is CC1(C)CC(=O)C2=C(C1)OC(N)=C(C#N)[C@H]2c1cn(CC(F)(F)F)nc1C1CC1. The van der Waals surface area contributed by atoms with Crippen LogP contribution in [0.15, 0.2) is 29.0 Å². The summed E-state index contributed by atoms with van der Waals surface area (Å²) in [6.45, 7) is 2.64. The number of ketones is 1. The Morgan fingerprint density at radius 3 is 2.66 bits per heavy atom. The summed E-state index contributed by atoms with van der Waals surface area (Å²) < 4.78 is 45.3. The van der Waals surface area contributed by atoms with E-state index in [0.29, 0.717) is 29.0 Å². The lowest BCUT2D eigenvalue weighted by molar-refractivity contribution is -0.142. The first-order valence-corrected chi connectivity index (χ1v) is 9.47. The zero-order valence-corrected chi connectivity index (χ0v) is 16.1. The first-order valence-electron chi connectivity index (χ1n) is 9.47. The van der Waals surface area contributed by atoms with Crippen LogP contribution in [0.3, 0.4) is 0 Å². The van der Waals surface area contributed by atoms with Crippen LogP contribution in [0.1, 0.15) is 62.6 Å². The quantitative estimate of drug-likeness (QED) is 0.825. The molecule has 0 radical (unpaired) electrons. The minimum absolute atomic E-state index is 0.0303. The lowest BCUT2D eigenvalue weighted by Gasteiger charge is -2.37. The number of nitriles is 1. The van der Waals surface area contributed by atoms with Crippen molar-refractivity contribution in [2.45, 2.75) is 64.1 Å². The van der Waals surface area contributed by atoms with Crippen molar-refractivity contribution in [3.05, 3.63) is 40.2 Å². The van der Waals surface area contributed by atoms with E-state index < -0.39 is 18.6 Å². The number of halogens is 3. The van der Waals surface area contributed by atoms with Gasteiger partial charge in [0.15, 0.2) is 5.78 Å². The molecule has 1 aromatic heterocycles. The topological polar surface area (TPSA) is 93.9 Å². The maximum atomic E-state index is 13.0. The van der Waals surface area contributed by atoms with Crippen LogP contribution in [-0.2, 0) is 16.1 Å². The number of hydrogen-bond acceptors (Lipinski definition) is 5. The van der Waals surface area contributed by atoms with Crippen LogP contribution in [0.2, 0.25) is 0 Å². The third-order valence-electron chi connectivity index (χ3n) is 5.51. The first-order chi connectivity index (χ1) is 13.5. The average molecular weight is 406 g/mol. The minimum atomic E-state index is -4.43. The highest BCUT2D eigenvalue weighted by atomic mass is 19.4. The average Bonchev–Trinajstić information content (AvgIpc) is 3.32. The second-order valence-corrected chi connectivity index (χ2v) is 8.76. The number of aromatic nitrogens is 2. The van der Waals surface area contributed by atoms with Crippen LogP contribution in [0.4, 0.5) is 13.2 Å². The van der Waals surface area contributed by atoms with Crippen LogP contribution in [0.5, 0.6) is 0 Å². The standard InChI is InChI=1S/C20H21F3N4O2/c1-19(2)5-13(28)16-14(6-19)29-18(25)11(7-24)15(16)12-8-27(9-20(21,22)23)26-17(12)10-3-4-10/h8,10,15H,3-6,9,25H2,1-2H3/t15-/m0/s1. The van der Waals surface area contributed by atoms with Gasteiger partial charge in [-0.3, -0.25) is 9.48 Å². The lowest BCUT2D eigenvalue weighted by atomic mass is 9.70. The predicted molar refractivity (Wildman–Crippen MR) is 96.0 cm³/mol. The molecule has 6 nitrogen and oxygen atoms in total.